The topological polar surface area (TPSA) is 59.4 Å². The fourth-order valence-corrected chi connectivity index (χ4v) is 0.350. The number of pyridine rings is 1. The van der Waals surface area contributed by atoms with Crippen LogP contribution < -0.4 is 0 Å². The molecule has 12 heavy (non-hydrogen) atoms. The molecule has 0 fully saturated rings. The maximum atomic E-state index is 9.59. The molecule has 0 atom stereocenters. The largest absolute Gasteiger partial charge is 0.365 e. The summed E-state index contributed by atoms with van der Waals surface area (Å²) in [6.45, 7) is 3.00. The third-order valence-corrected chi connectivity index (χ3v) is 0.823. The van der Waals surface area contributed by atoms with Crippen LogP contribution in [0.5, 0.6) is 0 Å². The number of nitrogens with zero attached hydrogens (tertiary/aromatic N) is 1. The van der Waals surface area contributed by atoms with Gasteiger partial charge in [-0.1, -0.05) is 12.6 Å². The average Bonchev–Trinajstić information content (AvgIpc) is 2.20. The van der Waals surface area contributed by atoms with Crippen molar-refractivity contribution in [1.82, 2.24) is 4.98 Å². The molecule has 0 unspecified atom stereocenters. The Labute approximate surface area is 70.1 Å². The molecule has 1 N–H and O–H groups in total. The monoisotopic (exact) mass is 167 g/mol. The molecule has 0 aromatic carbocycles. The van der Waals surface area contributed by atoms with Crippen molar-refractivity contribution in [2.24, 2.45) is 0 Å². The van der Waals surface area contributed by atoms with Gasteiger partial charge in [0.25, 0.3) is 0 Å². The fourth-order valence-electron chi connectivity index (χ4n) is 0.350. The van der Waals surface area contributed by atoms with E-state index in [4.69, 9.17) is 5.26 Å². The molecule has 0 saturated heterocycles. The van der Waals surface area contributed by atoms with Crippen LogP contribution in [0.1, 0.15) is 0 Å². The zero-order valence-electron chi connectivity index (χ0n) is 6.38. The number of aromatic nitrogens is 1. The van der Waals surface area contributed by atoms with Crippen LogP contribution in [0.2, 0.25) is 0 Å². The Morgan fingerprint density at radius 1 is 1.42 bits per heavy atom. The minimum atomic E-state index is -0.838. The van der Waals surface area contributed by atoms with Crippen molar-refractivity contribution in [3.05, 3.63) is 43.2 Å². The van der Waals surface area contributed by atoms with Crippen LogP contribution in [0.3, 0.4) is 0 Å². The van der Waals surface area contributed by atoms with Gasteiger partial charge in [-0.3, -0.25) is 9.87 Å². The van der Waals surface area contributed by atoms with Crippen LogP contribution in [-0.2, 0) is 9.68 Å². The van der Waals surface area contributed by atoms with Crippen molar-refractivity contribution in [1.29, 1.82) is 0 Å². The minimum absolute atomic E-state index is 0.838. The van der Waals surface area contributed by atoms with Gasteiger partial charge in [0, 0.05) is 18.5 Å². The summed E-state index contributed by atoms with van der Waals surface area (Å²) >= 11 is 0. The summed E-state index contributed by atoms with van der Waals surface area (Å²) in [5.74, 6) is -0.838. The SMILES string of the molecule is C=CC(=O)OO.c1ccncc1. The second kappa shape index (κ2) is 7.43. The molecule has 0 amide bonds. The fraction of sp³-hybridized carbons (Fsp3) is 0. The predicted molar refractivity (Wildman–Crippen MR) is 43.2 cm³/mol. The summed E-state index contributed by atoms with van der Waals surface area (Å²) in [5.41, 5.74) is 0. The van der Waals surface area contributed by atoms with E-state index < -0.39 is 5.97 Å². The number of hydrogen-bond acceptors (Lipinski definition) is 4. The van der Waals surface area contributed by atoms with Crippen LogP contribution >= 0.6 is 0 Å². The summed E-state index contributed by atoms with van der Waals surface area (Å²) in [4.78, 5) is 16.5. The van der Waals surface area contributed by atoms with Gasteiger partial charge in [-0.15, -0.1) is 0 Å². The average molecular weight is 167 g/mol. The van der Waals surface area contributed by atoms with Crippen LogP contribution in [0.25, 0.3) is 0 Å². The van der Waals surface area contributed by atoms with Crippen LogP contribution in [-0.4, -0.2) is 16.2 Å². The van der Waals surface area contributed by atoms with Crippen LogP contribution in [0.4, 0.5) is 0 Å². The van der Waals surface area contributed by atoms with Crippen LogP contribution in [0.15, 0.2) is 43.2 Å². The van der Waals surface area contributed by atoms with E-state index in [1.165, 1.54) is 0 Å². The summed E-state index contributed by atoms with van der Waals surface area (Å²) in [7, 11) is 0. The maximum Gasteiger partial charge on any atom is 0.365 e. The molecule has 1 aromatic rings. The molecule has 4 nitrogen and oxygen atoms in total. The second-order valence-electron chi connectivity index (χ2n) is 1.64. The van der Waals surface area contributed by atoms with Gasteiger partial charge in [0.2, 0.25) is 0 Å². The lowest BCUT2D eigenvalue weighted by molar-refractivity contribution is -0.228. The number of rotatable bonds is 1. The molecule has 4 heteroatoms. The van der Waals surface area contributed by atoms with Gasteiger partial charge in [0.15, 0.2) is 0 Å². The van der Waals surface area contributed by atoms with Crippen molar-refractivity contribution in [3.63, 3.8) is 0 Å². The first kappa shape index (κ1) is 10.3. The molecule has 1 rings (SSSR count). The Bertz CT molecular complexity index is 196. The Hall–Kier alpha value is -1.68. The summed E-state index contributed by atoms with van der Waals surface area (Å²) < 4.78 is 0. The van der Waals surface area contributed by atoms with Gasteiger partial charge in [-0.05, 0) is 12.1 Å². The highest BCUT2D eigenvalue weighted by Gasteiger charge is 1.85. The van der Waals surface area contributed by atoms with Gasteiger partial charge in [-0.2, -0.15) is 5.26 Å². The van der Waals surface area contributed by atoms with Gasteiger partial charge in [0.1, 0.15) is 0 Å². The van der Waals surface area contributed by atoms with Crippen molar-refractivity contribution in [3.8, 4) is 0 Å². The normalized spacial score (nSPS) is 7.42. The van der Waals surface area contributed by atoms with Crippen molar-refractivity contribution < 1.29 is 14.9 Å². The third-order valence-electron chi connectivity index (χ3n) is 0.823. The molecule has 0 aliphatic carbocycles. The van der Waals surface area contributed by atoms with Gasteiger partial charge in [0.05, 0.1) is 0 Å². The quantitative estimate of drug-likeness (QED) is 0.388. The van der Waals surface area contributed by atoms with E-state index in [1.807, 2.05) is 18.2 Å². The van der Waals surface area contributed by atoms with Gasteiger partial charge >= 0.3 is 5.97 Å². The molecule has 1 aromatic heterocycles. The van der Waals surface area contributed by atoms with E-state index in [0.29, 0.717) is 0 Å². The highest BCUT2D eigenvalue weighted by atomic mass is 17.1. The first-order valence-electron chi connectivity index (χ1n) is 3.14. The van der Waals surface area contributed by atoms with Crippen molar-refractivity contribution in [2.45, 2.75) is 0 Å². The molecule has 0 spiro atoms. The highest BCUT2D eigenvalue weighted by molar-refractivity contribution is 5.80. The Morgan fingerprint density at radius 2 is 2.00 bits per heavy atom. The Morgan fingerprint density at radius 3 is 2.08 bits per heavy atom. The van der Waals surface area contributed by atoms with E-state index in [0.717, 1.165) is 6.08 Å². The smallest absolute Gasteiger partial charge is 0.296 e. The summed E-state index contributed by atoms with van der Waals surface area (Å²) in [5, 5.41) is 7.41. The molecule has 0 bridgehead atoms. The van der Waals surface area contributed by atoms with Gasteiger partial charge < -0.3 is 0 Å². The molecular weight excluding hydrogens is 158 g/mol. The molecule has 0 aliphatic heterocycles. The molecule has 0 aliphatic rings. The lowest BCUT2D eigenvalue weighted by Crippen LogP contribution is -1.92. The second-order valence-corrected chi connectivity index (χ2v) is 1.64. The lowest BCUT2D eigenvalue weighted by atomic mass is 10.5. The van der Waals surface area contributed by atoms with E-state index in [9.17, 15) is 4.79 Å². The molecule has 1 heterocycles. The molecule has 64 valence electrons. The zero-order valence-corrected chi connectivity index (χ0v) is 6.38. The standard InChI is InChI=1S/C5H5N.C3H4O3/c1-2-4-6-5-3-1;1-2-3(4)6-5/h1-5H;2,5H,1H2. The highest BCUT2D eigenvalue weighted by Crippen LogP contribution is 1.73. The van der Waals surface area contributed by atoms with Crippen LogP contribution in [0, 0.1) is 0 Å². The minimum Gasteiger partial charge on any atom is -0.296 e. The molecule has 0 saturated carbocycles. The molecular formula is C8H9NO3. The van der Waals surface area contributed by atoms with E-state index >= 15 is 0 Å². The van der Waals surface area contributed by atoms with E-state index in [1.54, 1.807) is 12.4 Å². The van der Waals surface area contributed by atoms with Crippen molar-refractivity contribution in [2.75, 3.05) is 0 Å². The first-order chi connectivity index (χ1) is 5.81. The summed E-state index contributed by atoms with van der Waals surface area (Å²) in [6, 6.07) is 5.72. The number of carbonyl (C=O) groups excluding carboxylic acids is 1. The lowest BCUT2D eigenvalue weighted by Gasteiger charge is -1.78. The summed E-state index contributed by atoms with van der Waals surface area (Å²) in [6.07, 6.45) is 4.36. The third kappa shape index (κ3) is 6.44. The van der Waals surface area contributed by atoms with E-state index in [-0.39, 0.29) is 0 Å². The number of hydrogen-bond donors (Lipinski definition) is 1. The number of carbonyl (C=O) groups is 1. The van der Waals surface area contributed by atoms with Crippen molar-refractivity contribution >= 4 is 5.97 Å². The molecule has 0 radical (unpaired) electrons. The first-order valence-corrected chi connectivity index (χ1v) is 3.14. The van der Waals surface area contributed by atoms with Gasteiger partial charge in [-0.25, -0.2) is 4.79 Å². The maximum absolute atomic E-state index is 9.59. The Kier molecular flexibility index (Phi) is 6.39. The zero-order chi connectivity index (χ0) is 9.23. The van der Waals surface area contributed by atoms with E-state index in [2.05, 4.69) is 16.5 Å². The Balaban J connectivity index is 0.000000202. The predicted octanol–water partition coefficient (Wildman–Crippen LogP) is 1.27.